The summed E-state index contributed by atoms with van der Waals surface area (Å²) < 4.78 is 0. The van der Waals surface area contributed by atoms with Gasteiger partial charge in [0.2, 0.25) is 0 Å². The van der Waals surface area contributed by atoms with Crippen molar-refractivity contribution in [1.82, 2.24) is 0 Å². The van der Waals surface area contributed by atoms with Crippen molar-refractivity contribution in [3.8, 4) is 33.4 Å². The van der Waals surface area contributed by atoms with Crippen LogP contribution >= 0.6 is 0 Å². The zero-order chi connectivity index (χ0) is 31.2. The van der Waals surface area contributed by atoms with E-state index in [1.807, 2.05) is 0 Å². The molecule has 0 N–H and O–H groups in total. The van der Waals surface area contributed by atoms with Gasteiger partial charge in [-0.1, -0.05) is 147 Å². The van der Waals surface area contributed by atoms with Crippen molar-refractivity contribution >= 4 is 27.8 Å². The Morgan fingerprint density at radius 1 is 0.404 bits per heavy atom. The molecule has 0 radical (unpaired) electrons. The normalized spacial score (nSPS) is 14.6. The highest BCUT2D eigenvalue weighted by molar-refractivity contribution is 5.98. The van der Waals surface area contributed by atoms with E-state index in [1.54, 1.807) is 5.56 Å². The molecule has 226 valence electrons. The molecule has 0 bridgehead atoms. The van der Waals surface area contributed by atoms with Crippen LogP contribution in [0.3, 0.4) is 0 Å². The second-order valence-corrected chi connectivity index (χ2v) is 13.2. The van der Waals surface area contributed by atoms with Crippen molar-refractivity contribution in [3.05, 3.63) is 175 Å². The van der Waals surface area contributed by atoms with Gasteiger partial charge in [-0.05, 0) is 105 Å². The van der Waals surface area contributed by atoms with Crippen LogP contribution in [0.4, 0.5) is 17.1 Å². The molecule has 0 unspecified atom stereocenters. The maximum absolute atomic E-state index is 2.53. The molecule has 1 saturated carbocycles. The Labute approximate surface area is 277 Å². The van der Waals surface area contributed by atoms with Gasteiger partial charge < -0.3 is 4.90 Å². The highest BCUT2D eigenvalue weighted by Gasteiger charge is 2.45. The Morgan fingerprint density at radius 2 is 0.915 bits per heavy atom. The first kappa shape index (κ1) is 27.9. The Morgan fingerprint density at radius 3 is 1.53 bits per heavy atom. The highest BCUT2D eigenvalue weighted by Crippen LogP contribution is 2.58. The predicted molar refractivity (Wildman–Crippen MR) is 199 cm³/mol. The molecule has 7 aromatic carbocycles. The molecule has 0 aromatic heterocycles. The number of benzene rings is 7. The Kier molecular flexibility index (Phi) is 6.78. The van der Waals surface area contributed by atoms with Crippen LogP contribution in [-0.2, 0) is 5.41 Å². The van der Waals surface area contributed by atoms with E-state index in [-0.39, 0.29) is 5.41 Å². The van der Waals surface area contributed by atoms with Crippen LogP contribution in [0, 0.1) is 0 Å². The molecule has 1 spiro atoms. The van der Waals surface area contributed by atoms with Gasteiger partial charge in [-0.15, -0.1) is 0 Å². The van der Waals surface area contributed by atoms with Gasteiger partial charge in [0.1, 0.15) is 0 Å². The second kappa shape index (κ2) is 11.4. The first-order chi connectivity index (χ1) is 23.3. The average molecular weight is 604 g/mol. The lowest BCUT2D eigenvalue weighted by atomic mass is 9.67. The van der Waals surface area contributed by atoms with E-state index in [2.05, 4.69) is 169 Å². The van der Waals surface area contributed by atoms with Crippen LogP contribution in [-0.4, -0.2) is 0 Å². The largest absolute Gasteiger partial charge is 0.310 e. The van der Waals surface area contributed by atoms with Crippen LogP contribution in [0.15, 0.2) is 164 Å². The molecule has 0 heterocycles. The monoisotopic (exact) mass is 603 g/mol. The highest BCUT2D eigenvalue weighted by atomic mass is 15.1. The molecule has 0 saturated heterocycles. The minimum Gasteiger partial charge on any atom is -0.310 e. The van der Waals surface area contributed by atoms with Gasteiger partial charge in [-0.2, -0.15) is 0 Å². The molecule has 1 fully saturated rings. The molecule has 1 nitrogen and oxygen atoms in total. The lowest BCUT2D eigenvalue weighted by molar-refractivity contribution is 0.355. The number of hydrogen-bond acceptors (Lipinski definition) is 1. The smallest absolute Gasteiger partial charge is 0.0465 e. The molecule has 0 aliphatic heterocycles. The maximum Gasteiger partial charge on any atom is 0.0465 e. The van der Waals surface area contributed by atoms with Gasteiger partial charge >= 0.3 is 0 Å². The van der Waals surface area contributed by atoms with Gasteiger partial charge in [0.25, 0.3) is 0 Å². The van der Waals surface area contributed by atoms with Gasteiger partial charge in [0, 0.05) is 22.5 Å². The zero-order valence-corrected chi connectivity index (χ0v) is 26.6. The minimum absolute atomic E-state index is 0.0554. The summed E-state index contributed by atoms with van der Waals surface area (Å²) in [7, 11) is 0. The average Bonchev–Trinajstić information content (AvgIpc) is 3.41. The first-order valence-electron chi connectivity index (χ1n) is 17.1. The van der Waals surface area contributed by atoms with Crippen molar-refractivity contribution in [2.24, 2.45) is 0 Å². The van der Waals surface area contributed by atoms with E-state index in [4.69, 9.17) is 0 Å². The summed E-state index contributed by atoms with van der Waals surface area (Å²) >= 11 is 0. The first-order valence-corrected chi connectivity index (χ1v) is 17.1. The van der Waals surface area contributed by atoms with E-state index in [1.165, 1.54) is 87.5 Å². The molecular weight excluding hydrogens is 567 g/mol. The Hall–Kier alpha value is -5.40. The number of rotatable bonds is 5. The molecular formula is C46H37N. The molecule has 1 heteroatoms. The zero-order valence-electron chi connectivity index (χ0n) is 26.6. The van der Waals surface area contributed by atoms with Crippen LogP contribution < -0.4 is 4.90 Å². The van der Waals surface area contributed by atoms with Crippen molar-refractivity contribution in [3.63, 3.8) is 0 Å². The van der Waals surface area contributed by atoms with Crippen LogP contribution in [0.2, 0.25) is 0 Å². The number of anilines is 3. The maximum atomic E-state index is 2.53. The summed E-state index contributed by atoms with van der Waals surface area (Å²) in [6.45, 7) is 0. The summed E-state index contributed by atoms with van der Waals surface area (Å²) in [4.78, 5) is 2.45. The third-order valence-corrected chi connectivity index (χ3v) is 10.6. The van der Waals surface area contributed by atoms with E-state index < -0.39 is 0 Å². The van der Waals surface area contributed by atoms with Gasteiger partial charge in [0.15, 0.2) is 0 Å². The summed E-state index contributed by atoms with van der Waals surface area (Å²) in [6, 6.07) is 60.5. The molecule has 2 aliphatic rings. The van der Waals surface area contributed by atoms with Gasteiger partial charge in [-0.3, -0.25) is 0 Å². The number of hydrogen-bond donors (Lipinski definition) is 0. The van der Waals surface area contributed by atoms with Crippen LogP contribution in [0.1, 0.15) is 43.2 Å². The minimum atomic E-state index is 0.0554. The molecule has 7 aromatic rings. The van der Waals surface area contributed by atoms with Crippen LogP contribution in [0.5, 0.6) is 0 Å². The molecule has 0 atom stereocenters. The fourth-order valence-corrected chi connectivity index (χ4v) is 8.44. The third kappa shape index (κ3) is 4.69. The van der Waals surface area contributed by atoms with Crippen molar-refractivity contribution in [1.29, 1.82) is 0 Å². The fourth-order valence-electron chi connectivity index (χ4n) is 8.44. The quantitative estimate of drug-likeness (QED) is 0.189. The predicted octanol–water partition coefficient (Wildman–Crippen LogP) is 12.9. The lowest BCUT2D eigenvalue weighted by Gasteiger charge is -2.37. The summed E-state index contributed by atoms with van der Waals surface area (Å²) in [5.74, 6) is 0. The fraction of sp³-hybridized carbons (Fsp3) is 0.130. The SMILES string of the molecule is c1ccc(-c2ccc(N(c3ccc(-c4ccccc4)cc3)c3ccc4c(c3)C3(CCCCC3)c3c-4ccc4ccccc34)cc2)cc1. The van der Waals surface area contributed by atoms with E-state index >= 15 is 0 Å². The Balaban J connectivity index is 1.20. The third-order valence-electron chi connectivity index (χ3n) is 10.6. The van der Waals surface area contributed by atoms with Crippen molar-refractivity contribution in [2.45, 2.75) is 37.5 Å². The topological polar surface area (TPSA) is 3.24 Å². The van der Waals surface area contributed by atoms with E-state index in [9.17, 15) is 0 Å². The van der Waals surface area contributed by atoms with Gasteiger partial charge in [0.05, 0.1) is 0 Å². The van der Waals surface area contributed by atoms with Crippen LogP contribution in [0.25, 0.3) is 44.2 Å². The number of nitrogens with zero attached hydrogens (tertiary/aromatic N) is 1. The second-order valence-electron chi connectivity index (χ2n) is 13.2. The van der Waals surface area contributed by atoms with Crippen molar-refractivity contribution in [2.75, 3.05) is 4.90 Å². The number of fused-ring (bicyclic) bond motifs is 7. The summed E-state index contributed by atoms with van der Waals surface area (Å²) in [5, 5.41) is 2.78. The molecule has 47 heavy (non-hydrogen) atoms. The molecule has 0 amide bonds. The lowest BCUT2D eigenvalue weighted by Crippen LogP contribution is -2.28. The summed E-state index contributed by atoms with van der Waals surface area (Å²) in [6.07, 6.45) is 6.30. The van der Waals surface area contributed by atoms with E-state index in [0.717, 1.165) is 11.4 Å². The Bertz CT molecular complexity index is 2110. The molecule has 2 aliphatic carbocycles. The van der Waals surface area contributed by atoms with E-state index in [0.29, 0.717) is 0 Å². The van der Waals surface area contributed by atoms with Crippen molar-refractivity contribution < 1.29 is 0 Å². The summed E-state index contributed by atoms with van der Waals surface area (Å²) in [5.41, 5.74) is 14.4. The van der Waals surface area contributed by atoms with Gasteiger partial charge in [-0.25, -0.2) is 0 Å². The molecule has 9 rings (SSSR count). The standard InChI is InChI=1S/C46H37N/c1-4-12-33(13-5-1)35-18-23-38(24-19-35)47(39-25-20-36(21-26-39)34-14-6-2-7-15-34)40-27-29-42-43-28-22-37-16-8-9-17-41(37)45(43)46(44(42)32-40)30-10-3-11-31-46/h1-2,4-9,12-29,32H,3,10-11,30-31H2.